The first-order valence-corrected chi connectivity index (χ1v) is 10.5. The van der Waals surface area contributed by atoms with Gasteiger partial charge in [-0.05, 0) is 41.8 Å². The number of anilines is 1. The minimum Gasteiger partial charge on any atom is -0.487 e. The zero-order chi connectivity index (χ0) is 23.4. The van der Waals surface area contributed by atoms with E-state index >= 15 is 0 Å². The second-order valence-electron chi connectivity index (χ2n) is 6.81. The zero-order valence-electron chi connectivity index (χ0n) is 16.9. The van der Waals surface area contributed by atoms with Crippen LogP contribution in [0, 0.1) is 11.6 Å². The Morgan fingerprint density at radius 3 is 2.61 bits per heavy atom. The maximum Gasteiger partial charge on any atom is 0.257 e. The molecule has 0 saturated heterocycles. The van der Waals surface area contributed by atoms with Crippen LogP contribution in [0.4, 0.5) is 14.5 Å². The van der Waals surface area contributed by atoms with Gasteiger partial charge < -0.3 is 15.8 Å². The smallest absolute Gasteiger partial charge is 0.257 e. The predicted octanol–water partition coefficient (Wildman–Crippen LogP) is 4.41. The highest BCUT2D eigenvalue weighted by Crippen LogP contribution is 2.25. The minimum absolute atomic E-state index is 0.0909. The predicted molar refractivity (Wildman–Crippen MR) is 119 cm³/mol. The van der Waals surface area contributed by atoms with Gasteiger partial charge in [-0.1, -0.05) is 6.07 Å². The second-order valence-corrected chi connectivity index (χ2v) is 7.76. The van der Waals surface area contributed by atoms with E-state index in [9.17, 15) is 18.4 Å². The summed E-state index contributed by atoms with van der Waals surface area (Å²) in [6.45, 7) is -0.498. The summed E-state index contributed by atoms with van der Waals surface area (Å²) in [6.07, 6.45) is 3.91. The number of nitrogens with two attached hydrogens (primary N) is 1. The van der Waals surface area contributed by atoms with Crippen molar-refractivity contribution in [2.24, 2.45) is 5.73 Å². The number of ether oxygens (including phenoxy) is 1. The molecule has 33 heavy (non-hydrogen) atoms. The highest BCUT2D eigenvalue weighted by molar-refractivity contribution is 7.13. The molecular weight excluding hydrogens is 450 g/mol. The molecule has 0 radical (unpaired) electrons. The van der Waals surface area contributed by atoms with Crippen LogP contribution in [-0.4, -0.2) is 21.8 Å². The van der Waals surface area contributed by atoms with E-state index in [0.717, 1.165) is 17.0 Å². The van der Waals surface area contributed by atoms with E-state index in [4.69, 9.17) is 10.5 Å². The van der Waals surface area contributed by atoms with Crippen molar-refractivity contribution in [3.8, 4) is 16.3 Å². The van der Waals surface area contributed by atoms with Crippen molar-refractivity contribution in [3.05, 3.63) is 94.8 Å². The monoisotopic (exact) mass is 466 g/mol. The van der Waals surface area contributed by atoms with Crippen LogP contribution in [0.1, 0.15) is 26.3 Å². The van der Waals surface area contributed by atoms with Gasteiger partial charge in [0.15, 0.2) is 5.82 Å². The van der Waals surface area contributed by atoms with E-state index in [2.05, 4.69) is 15.3 Å². The van der Waals surface area contributed by atoms with Gasteiger partial charge in [-0.25, -0.2) is 8.78 Å². The molecule has 1 aromatic carbocycles. The van der Waals surface area contributed by atoms with Gasteiger partial charge in [0.1, 0.15) is 18.2 Å². The number of pyridine rings is 2. The van der Waals surface area contributed by atoms with Crippen LogP contribution in [0.2, 0.25) is 0 Å². The maximum atomic E-state index is 14.9. The van der Waals surface area contributed by atoms with E-state index in [1.165, 1.54) is 36.0 Å². The molecule has 4 aromatic rings. The quantitative estimate of drug-likeness (QED) is 0.420. The molecule has 4 rings (SSSR count). The van der Waals surface area contributed by atoms with Gasteiger partial charge in [0, 0.05) is 12.4 Å². The third-order valence-corrected chi connectivity index (χ3v) is 5.51. The molecular formula is C23H16F2N4O3S. The van der Waals surface area contributed by atoms with Gasteiger partial charge in [-0.3, -0.25) is 19.6 Å². The summed E-state index contributed by atoms with van der Waals surface area (Å²) in [4.78, 5) is 32.8. The highest BCUT2D eigenvalue weighted by Gasteiger charge is 2.17. The molecule has 3 heterocycles. The average Bonchev–Trinajstić information content (AvgIpc) is 3.36. The SMILES string of the molecule is NC(=O)c1cncc(OCc2c(F)ccc(NC(=O)c3ccc(-c4cccs4)nc3)c2F)c1. The molecule has 166 valence electrons. The lowest BCUT2D eigenvalue weighted by Gasteiger charge is -2.12. The summed E-state index contributed by atoms with van der Waals surface area (Å²) >= 11 is 1.52. The molecule has 0 aliphatic heterocycles. The third-order valence-electron chi connectivity index (χ3n) is 4.61. The number of halogens is 2. The maximum absolute atomic E-state index is 14.9. The van der Waals surface area contributed by atoms with Gasteiger partial charge in [-0.15, -0.1) is 11.3 Å². The number of hydrogen-bond acceptors (Lipinski definition) is 6. The van der Waals surface area contributed by atoms with Gasteiger partial charge >= 0.3 is 0 Å². The molecule has 0 saturated carbocycles. The molecule has 0 fully saturated rings. The number of benzene rings is 1. The summed E-state index contributed by atoms with van der Waals surface area (Å²) in [5.74, 6) is -3.04. The summed E-state index contributed by atoms with van der Waals surface area (Å²) in [5, 5.41) is 4.34. The molecule has 0 atom stereocenters. The van der Waals surface area contributed by atoms with Crippen molar-refractivity contribution in [1.82, 2.24) is 9.97 Å². The average molecular weight is 466 g/mol. The number of thiophene rings is 1. The minimum atomic E-state index is -0.981. The lowest BCUT2D eigenvalue weighted by Crippen LogP contribution is -2.15. The fourth-order valence-electron chi connectivity index (χ4n) is 2.91. The molecule has 7 nitrogen and oxygen atoms in total. The molecule has 0 aliphatic rings. The standard InChI is InChI=1S/C23H16F2N4O3S/c24-17-4-6-19(21(25)16(17)12-32-15-8-14(22(26)30)9-27-11-15)29-23(31)13-3-5-18(28-10-13)20-2-1-7-33-20/h1-11H,12H2,(H2,26,30)(H,29,31). The number of hydrogen-bond donors (Lipinski definition) is 2. The summed E-state index contributed by atoms with van der Waals surface area (Å²) in [5.41, 5.74) is 5.59. The van der Waals surface area contributed by atoms with E-state index in [1.807, 2.05) is 17.5 Å². The number of carbonyl (C=O) groups excluding carboxylic acids is 2. The lowest BCUT2D eigenvalue weighted by molar-refractivity contribution is 0.0996. The van der Waals surface area contributed by atoms with Gasteiger partial charge in [-0.2, -0.15) is 0 Å². The molecule has 10 heteroatoms. The van der Waals surface area contributed by atoms with Gasteiger partial charge in [0.25, 0.3) is 5.91 Å². The van der Waals surface area contributed by atoms with Crippen molar-refractivity contribution in [2.75, 3.05) is 5.32 Å². The van der Waals surface area contributed by atoms with Crippen molar-refractivity contribution in [2.45, 2.75) is 6.61 Å². The fourth-order valence-corrected chi connectivity index (χ4v) is 3.61. The van der Waals surface area contributed by atoms with E-state index < -0.39 is 35.6 Å². The number of aromatic nitrogens is 2. The normalized spacial score (nSPS) is 10.6. The van der Waals surface area contributed by atoms with Gasteiger partial charge in [0.2, 0.25) is 5.91 Å². The number of primary amides is 1. The first kappa shape index (κ1) is 22.0. The summed E-state index contributed by atoms with van der Waals surface area (Å²) in [7, 11) is 0. The summed E-state index contributed by atoms with van der Waals surface area (Å²) in [6, 6.07) is 10.5. The Bertz CT molecular complexity index is 1310. The number of nitrogens with zero attached hydrogens (tertiary/aromatic N) is 2. The molecule has 0 aliphatic carbocycles. The van der Waals surface area contributed by atoms with Crippen LogP contribution < -0.4 is 15.8 Å². The van der Waals surface area contributed by atoms with Crippen molar-refractivity contribution in [1.29, 1.82) is 0 Å². The molecule has 2 amide bonds. The Morgan fingerprint density at radius 2 is 1.91 bits per heavy atom. The van der Waals surface area contributed by atoms with E-state index in [-0.39, 0.29) is 22.6 Å². The van der Waals surface area contributed by atoms with Crippen LogP contribution >= 0.6 is 11.3 Å². The largest absolute Gasteiger partial charge is 0.487 e. The number of rotatable bonds is 7. The molecule has 3 aromatic heterocycles. The van der Waals surface area contributed by atoms with Gasteiger partial charge in [0.05, 0.1) is 39.1 Å². The molecule has 0 bridgehead atoms. The third kappa shape index (κ3) is 5.01. The van der Waals surface area contributed by atoms with E-state index in [1.54, 1.807) is 12.1 Å². The second kappa shape index (κ2) is 9.53. The van der Waals surface area contributed by atoms with Crippen LogP contribution in [0.3, 0.4) is 0 Å². The first-order valence-electron chi connectivity index (χ1n) is 9.58. The number of amides is 2. The Labute approximate surface area is 190 Å². The highest BCUT2D eigenvalue weighted by atomic mass is 32.1. The molecule has 3 N–H and O–H groups in total. The van der Waals surface area contributed by atoms with Crippen LogP contribution in [0.15, 0.2) is 66.4 Å². The fraction of sp³-hybridized carbons (Fsp3) is 0.0435. The topological polar surface area (TPSA) is 107 Å². The Morgan fingerprint density at radius 1 is 1.06 bits per heavy atom. The molecule has 0 unspecified atom stereocenters. The van der Waals surface area contributed by atoms with Crippen LogP contribution in [-0.2, 0) is 6.61 Å². The Balaban J connectivity index is 1.49. The lowest BCUT2D eigenvalue weighted by atomic mass is 10.1. The number of nitrogens with one attached hydrogen (secondary N) is 1. The summed E-state index contributed by atoms with van der Waals surface area (Å²) < 4.78 is 34.5. The van der Waals surface area contributed by atoms with Crippen LogP contribution in [0.5, 0.6) is 5.75 Å². The van der Waals surface area contributed by atoms with Crippen molar-refractivity contribution >= 4 is 28.8 Å². The van der Waals surface area contributed by atoms with Crippen molar-refractivity contribution < 1.29 is 23.1 Å². The van der Waals surface area contributed by atoms with Crippen molar-refractivity contribution in [3.63, 3.8) is 0 Å². The molecule has 0 spiro atoms. The zero-order valence-corrected chi connectivity index (χ0v) is 17.7. The Hall–Kier alpha value is -4.18. The Kier molecular flexibility index (Phi) is 6.36. The number of carbonyl (C=O) groups is 2. The van der Waals surface area contributed by atoms with E-state index in [0.29, 0.717) is 5.69 Å². The first-order chi connectivity index (χ1) is 15.9. The van der Waals surface area contributed by atoms with Crippen LogP contribution in [0.25, 0.3) is 10.6 Å².